The standard InChI is InChI=1S/C24H18Br2ClN3O2S/c1-24-20(22(31)28-16-8-6-15(27)7-9-16)21(18-12-14(26)5-10-19(18)32-24)29-23(33)30(24)17-4-2-3-13(25)11-17/h2-12,20-21H,1H3,(H,28,31)(H,29,33)/t20-,21+,24-/m0/s1. The van der Waals surface area contributed by atoms with Crippen LogP contribution >= 0.6 is 55.7 Å². The molecule has 0 aliphatic carbocycles. The number of anilines is 2. The van der Waals surface area contributed by atoms with Crippen molar-refractivity contribution in [3.8, 4) is 5.75 Å². The maximum absolute atomic E-state index is 13.8. The number of nitrogens with zero attached hydrogens (tertiary/aromatic N) is 1. The van der Waals surface area contributed by atoms with E-state index in [1.165, 1.54) is 0 Å². The molecular formula is C24H18Br2ClN3O2S. The number of ether oxygens (including phenoxy) is 1. The van der Waals surface area contributed by atoms with Crippen LogP contribution in [0, 0.1) is 5.92 Å². The summed E-state index contributed by atoms with van der Waals surface area (Å²) in [5, 5.41) is 7.53. The minimum Gasteiger partial charge on any atom is -0.467 e. The lowest BCUT2D eigenvalue weighted by Gasteiger charge is -2.56. The van der Waals surface area contributed by atoms with E-state index in [2.05, 4.69) is 42.5 Å². The summed E-state index contributed by atoms with van der Waals surface area (Å²) >= 11 is 18.9. The number of hydrogen-bond acceptors (Lipinski definition) is 3. The van der Waals surface area contributed by atoms with Crippen LogP contribution in [-0.4, -0.2) is 16.7 Å². The Morgan fingerprint density at radius 1 is 1.12 bits per heavy atom. The van der Waals surface area contributed by atoms with Gasteiger partial charge < -0.3 is 15.4 Å². The van der Waals surface area contributed by atoms with Crippen molar-refractivity contribution in [2.24, 2.45) is 5.92 Å². The van der Waals surface area contributed by atoms with E-state index in [0.717, 1.165) is 20.2 Å². The quantitative estimate of drug-likeness (QED) is 0.326. The Bertz CT molecular complexity index is 1270. The summed E-state index contributed by atoms with van der Waals surface area (Å²) in [5.41, 5.74) is 1.26. The van der Waals surface area contributed by atoms with Crippen LogP contribution in [0.2, 0.25) is 5.02 Å². The highest BCUT2D eigenvalue weighted by molar-refractivity contribution is 9.10. The second-order valence-corrected chi connectivity index (χ2v) is 10.7. The molecule has 168 valence electrons. The van der Waals surface area contributed by atoms with Crippen molar-refractivity contribution in [3.05, 3.63) is 86.3 Å². The molecule has 3 aromatic rings. The van der Waals surface area contributed by atoms with E-state index < -0.39 is 11.6 Å². The smallest absolute Gasteiger partial charge is 0.236 e. The van der Waals surface area contributed by atoms with Crippen LogP contribution in [0.1, 0.15) is 18.5 Å². The monoisotopic (exact) mass is 605 g/mol. The van der Waals surface area contributed by atoms with Crippen LogP contribution in [0.5, 0.6) is 5.75 Å². The van der Waals surface area contributed by atoms with Gasteiger partial charge in [0, 0.05) is 30.9 Å². The molecule has 9 heteroatoms. The lowest BCUT2D eigenvalue weighted by atomic mass is 9.78. The maximum atomic E-state index is 13.8. The van der Waals surface area contributed by atoms with Gasteiger partial charge in [-0.15, -0.1) is 0 Å². The molecule has 0 aromatic heterocycles. The molecule has 2 N–H and O–H groups in total. The highest BCUT2D eigenvalue weighted by atomic mass is 79.9. The fourth-order valence-electron chi connectivity index (χ4n) is 4.51. The first-order valence-corrected chi connectivity index (χ1v) is 12.5. The maximum Gasteiger partial charge on any atom is 0.236 e. The Balaban J connectivity index is 1.63. The van der Waals surface area contributed by atoms with Crippen LogP contribution in [0.4, 0.5) is 11.4 Å². The molecule has 0 saturated carbocycles. The fourth-order valence-corrected chi connectivity index (χ4v) is 5.82. The number of amides is 1. The summed E-state index contributed by atoms with van der Waals surface area (Å²) in [4.78, 5) is 15.6. The number of nitrogens with one attached hydrogen (secondary N) is 2. The predicted molar refractivity (Wildman–Crippen MR) is 142 cm³/mol. The first-order chi connectivity index (χ1) is 15.8. The highest BCUT2D eigenvalue weighted by Gasteiger charge is 2.59. The molecule has 33 heavy (non-hydrogen) atoms. The topological polar surface area (TPSA) is 53.6 Å². The van der Waals surface area contributed by atoms with Crippen molar-refractivity contribution in [2.75, 3.05) is 10.2 Å². The fraction of sp³-hybridized carbons (Fsp3) is 0.167. The molecule has 1 saturated heterocycles. The van der Waals surface area contributed by atoms with Gasteiger partial charge in [-0.2, -0.15) is 0 Å². The minimum atomic E-state index is -1.08. The highest BCUT2D eigenvalue weighted by Crippen LogP contribution is 2.50. The van der Waals surface area contributed by atoms with Crippen LogP contribution in [-0.2, 0) is 4.79 Å². The minimum absolute atomic E-state index is 0.189. The molecule has 5 nitrogen and oxygen atoms in total. The van der Waals surface area contributed by atoms with Crippen molar-refractivity contribution >= 4 is 78.1 Å². The van der Waals surface area contributed by atoms with Crippen LogP contribution in [0.25, 0.3) is 0 Å². The average Bonchev–Trinajstić information content (AvgIpc) is 2.75. The van der Waals surface area contributed by atoms with Crippen molar-refractivity contribution in [1.29, 1.82) is 0 Å². The number of carbonyl (C=O) groups excluding carboxylic acids is 1. The molecule has 1 fully saturated rings. The molecule has 5 rings (SSSR count). The molecule has 2 heterocycles. The largest absolute Gasteiger partial charge is 0.467 e. The predicted octanol–water partition coefficient (Wildman–Crippen LogP) is 6.66. The van der Waals surface area contributed by atoms with Gasteiger partial charge in [-0.25, -0.2) is 0 Å². The third kappa shape index (κ3) is 4.03. The molecular weight excluding hydrogens is 590 g/mol. The van der Waals surface area contributed by atoms with E-state index in [1.807, 2.05) is 54.3 Å². The van der Waals surface area contributed by atoms with Crippen LogP contribution in [0.3, 0.4) is 0 Å². The number of carbonyl (C=O) groups is 1. The molecule has 2 aliphatic heterocycles. The summed E-state index contributed by atoms with van der Waals surface area (Å²) < 4.78 is 8.39. The van der Waals surface area contributed by atoms with Gasteiger partial charge >= 0.3 is 0 Å². The molecule has 3 atom stereocenters. The summed E-state index contributed by atoms with van der Waals surface area (Å²) in [6.45, 7) is 1.91. The number of rotatable bonds is 3. The molecule has 0 unspecified atom stereocenters. The summed E-state index contributed by atoms with van der Waals surface area (Å²) in [7, 11) is 0. The van der Waals surface area contributed by atoms with Gasteiger partial charge in [0.05, 0.1) is 6.04 Å². The van der Waals surface area contributed by atoms with Gasteiger partial charge in [-0.1, -0.05) is 49.5 Å². The zero-order valence-electron chi connectivity index (χ0n) is 17.3. The number of benzene rings is 3. The lowest BCUT2D eigenvalue weighted by molar-refractivity contribution is -0.130. The zero-order valence-corrected chi connectivity index (χ0v) is 22.1. The molecule has 2 aliphatic rings. The van der Waals surface area contributed by atoms with E-state index in [4.69, 9.17) is 28.6 Å². The van der Waals surface area contributed by atoms with Gasteiger partial charge in [0.2, 0.25) is 5.91 Å². The van der Waals surface area contributed by atoms with Gasteiger partial charge in [-0.3, -0.25) is 9.69 Å². The summed E-state index contributed by atoms with van der Waals surface area (Å²) in [5.74, 6) is -0.109. The Kier molecular flexibility index (Phi) is 5.89. The van der Waals surface area contributed by atoms with E-state index in [1.54, 1.807) is 24.3 Å². The number of halogens is 3. The van der Waals surface area contributed by atoms with Crippen molar-refractivity contribution in [2.45, 2.75) is 18.7 Å². The number of fused-ring (bicyclic) bond motifs is 4. The second kappa shape index (κ2) is 8.58. The SMILES string of the molecule is C[C@@]12Oc3ccc(Br)cc3[C@@H](NC(=S)N1c1cccc(Br)c1)[C@H]2C(=O)Nc1ccc(Cl)cc1. The number of hydrogen-bond donors (Lipinski definition) is 2. The molecule has 0 radical (unpaired) electrons. The van der Waals surface area contributed by atoms with Crippen molar-refractivity contribution in [1.82, 2.24) is 5.32 Å². The number of thiocarbonyl (C=S) groups is 1. The van der Waals surface area contributed by atoms with E-state index in [0.29, 0.717) is 21.6 Å². The van der Waals surface area contributed by atoms with E-state index >= 15 is 0 Å². The van der Waals surface area contributed by atoms with Crippen molar-refractivity contribution < 1.29 is 9.53 Å². The Labute approximate surface area is 218 Å². The van der Waals surface area contributed by atoms with Crippen LogP contribution in [0.15, 0.2) is 75.7 Å². The summed E-state index contributed by atoms with van der Waals surface area (Å²) in [6.07, 6.45) is 0. The Morgan fingerprint density at radius 3 is 2.58 bits per heavy atom. The van der Waals surface area contributed by atoms with Gasteiger partial charge in [-0.05, 0) is 79.8 Å². The molecule has 2 bridgehead atoms. The van der Waals surface area contributed by atoms with Gasteiger partial charge in [0.1, 0.15) is 11.7 Å². The van der Waals surface area contributed by atoms with E-state index in [-0.39, 0.29) is 11.9 Å². The molecule has 0 spiro atoms. The first kappa shape index (κ1) is 22.7. The Morgan fingerprint density at radius 2 is 1.85 bits per heavy atom. The second-order valence-electron chi connectivity index (χ2n) is 8.06. The molecule has 3 aromatic carbocycles. The van der Waals surface area contributed by atoms with Crippen molar-refractivity contribution in [3.63, 3.8) is 0 Å². The third-order valence-corrected chi connectivity index (χ3v) is 7.46. The van der Waals surface area contributed by atoms with Gasteiger partial charge in [0.25, 0.3) is 0 Å². The summed E-state index contributed by atoms with van der Waals surface area (Å²) in [6, 6.07) is 20.2. The average molecular weight is 608 g/mol. The van der Waals surface area contributed by atoms with Crippen LogP contribution < -0.4 is 20.3 Å². The van der Waals surface area contributed by atoms with Gasteiger partial charge in [0.15, 0.2) is 10.8 Å². The first-order valence-electron chi connectivity index (χ1n) is 10.2. The zero-order chi connectivity index (χ0) is 23.3. The Hall–Kier alpha value is -2.13. The molecule has 1 amide bonds. The van der Waals surface area contributed by atoms with E-state index in [9.17, 15) is 4.79 Å². The normalized spacial score (nSPS) is 23.3. The third-order valence-electron chi connectivity index (χ3n) is 5.92. The lowest BCUT2D eigenvalue weighted by Crippen LogP contribution is -2.72.